The molecule has 0 amide bonds. The molecule has 1 N–H and O–H groups in total. The number of pyridine rings is 1. The van der Waals surface area contributed by atoms with E-state index in [1.54, 1.807) is 54.6 Å². The van der Waals surface area contributed by atoms with Crippen LogP contribution >= 0.6 is 15.9 Å². The predicted molar refractivity (Wildman–Crippen MR) is 89.3 cm³/mol. The van der Waals surface area contributed by atoms with Gasteiger partial charge in [0.25, 0.3) is 0 Å². The van der Waals surface area contributed by atoms with Gasteiger partial charge in [-0.3, -0.25) is 9.78 Å². The Kier molecular flexibility index (Phi) is 5.41. The van der Waals surface area contributed by atoms with Crippen molar-refractivity contribution in [3.63, 3.8) is 0 Å². The number of nitrogens with zero attached hydrogens (tertiary/aromatic N) is 4. The van der Waals surface area contributed by atoms with Gasteiger partial charge in [0, 0.05) is 16.2 Å². The Morgan fingerprint density at radius 2 is 1.83 bits per heavy atom. The summed E-state index contributed by atoms with van der Waals surface area (Å²) in [6.07, 6.45) is 1.50. The molecule has 0 aliphatic rings. The van der Waals surface area contributed by atoms with Crippen LogP contribution in [0.1, 0.15) is 16.1 Å². The van der Waals surface area contributed by atoms with E-state index in [2.05, 4.69) is 26.2 Å². The SMILES string of the molecule is N#CC(C#N)=C(C#N)Nc1ccc(Br)cc1C(=O)c1ccccn1. The number of rotatable bonds is 4. The third-order valence-corrected chi connectivity index (χ3v) is 3.46. The van der Waals surface area contributed by atoms with Gasteiger partial charge in [-0.05, 0) is 30.3 Å². The van der Waals surface area contributed by atoms with Crippen molar-refractivity contribution in [3.8, 4) is 18.2 Å². The largest absolute Gasteiger partial charge is 0.345 e. The number of nitrogens with one attached hydrogen (secondary N) is 1. The van der Waals surface area contributed by atoms with E-state index in [1.165, 1.54) is 6.20 Å². The predicted octanol–water partition coefficient (Wildman–Crippen LogP) is 3.31. The summed E-state index contributed by atoms with van der Waals surface area (Å²) in [6.45, 7) is 0. The lowest BCUT2D eigenvalue weighted by Crippen LogP contribution is -2.09. The molecule has 114 valence electrons. The van der Waals surface area contributed by atoms with E-state index < -0.39 is 0 Å². The first kappa shape index (κ1) is 16.9. The lowest BCUT2D eigenvalue weighted by Gasteiger charge is -2.11. The minimum atomic E-state index is -0.364. The fourth-order valence-electron chi connectivity index (χ4n) is 1.87. The van der Waals surface area contributed by atoms with E-state index in [-0.39, 0.29) is 28.3 Å². The second-order valence-electron chi connectivity index (χ2n) is 4.44. The molecule has 0 fully saturated rings. The summed E-state index contributed by atoms with van der Waals surface area (Å²) in [7, 11) is 0. The molecule has 1 heterocycles. The molecule has 2 rings (SSSR count). The molecule has 6 nitrogen and oxygen atoms in total. The summed E-state index contributed by atoms with van der Waals surface area (Å²) in [5.74, 6) is -0.354. The summed E-state index contributed by atoms with van der Waals surface area (Å²) >= 11 is 3.29. The van der Waals surface area contributed by atoms with Crippen LogP contribution < -0.4 is 5.32 Å². The molecular weight excluding hydrogens is 370 g/mol. The van der Waals surface area contributed by atoms with E-state index in [4.69, 9.17) is 15.8 Å². The molecule has 0 aliphatic heterocycles. The summed E-state index contributed by atoms with van der Waals surface area (Å²) in [5.41, 5.74) is 0.204. The van der Waals surface area contributed by atoms with Crippen LogP contribution in [0.25, 0.3) is 0 Å². The van der Waals surface area contributed by atoms with Crippen molar-refractivity contribution < 1.29 is 4.79 Å². The summed E-state index contributed by atoms with van der Waals surface area (Å²) in [5, 5.41) is 29.6. The van der Waals surface area contributed by atoms with Gasteiger partial charge in [-0.2, -0.15) is 15.8 Å². The van der Waals surface area contributed by atoms with Crippen LogP contribution in [0.3, 0.4) is 0 Å². The molecule has 0 atom stereocenters. The number of anilines is 1. The second kappa shape index (κ2) is 7.69. The van der Waals surface area contributed by atoms with Gasteiger partial charge in [0.15, 0.2) is 5.57 Å². The van der Waals surface area contributed by atoms with Crippen molar-refractivity contribution in [1.82, 2.24) is 4.98 Å². The van der Waals surface area contributed by atoms with Gasteiger partial charge in [0.1, 0.15) is 29.6 Å². The third kappa shape index (κ3) is 3.64. The van der Waals surface area contributed by atoms with Gasteiger partial charge in [-0.15, -0.1) is 0 Å². The maximum atomic E-state index is 12.6. The number of hydrogen-bond donors (Lipinski definition) is 1. The van der Waals surface area contributed by atoms with Crippen LogP contribution in [0.2, 0.25) is 0 Å². The van der Waals surface area contributed by atoms with Crippen LogP contribution in [0, 0.1) is 34.0 Å². The average Bonchev–Trinajstić information content (AvgIpc) is 2.63. The van der Waals surface area contributed by atoms with Gasteiger partial charge in [-0.1, -0.05) is 22.0 Å². The zero-order valence-electron chi connectivity index (χ0n) is 12.1. The highest BCUT2D eigenvalue weighted by Crippen LogP contribution is 2.25. The minimum Gasteiger partial charge on any atom is -0.345 e. The molecule has 0 saturated heterocycles. The molecular formula is C17H8BrN5O. The average molecular weight is 378 g/mol. The van der Waals surface area contributed by atoms with Crippen LogP contribution in [-0.4, -0.2) is 10.8 Å². The van der Waals surface area contributed by atoms with E-state index in [0.29, 0.717) is 10.2 Å². The lowest BCUT2D eigenvalue weighted by atomic mass is 10.0. The number of nitriles is 3. The Morgan fingerprint density at radius 1 is 1.08 bits per heavy atom. The Morgan fingerprint density at radius 3 is 2.42 bits per heavy atom. The fourth-order valence-corrected chi connectivity index (χ4v) is 2.23. The van der Waals surface area contributed by atoms with E-state index in [9.17, 15) is 4.79 Å². The fraction of sp³-hybridized carbons (Fsp3) is 0. The van der Waals surface area contributed by atoms with Gasteiger partial charge in [0.05, 0.1) is 5.69 Å². The topological polar surface area (TPSA) is 113 Å². The summed E-state index contributed by atoms with van der Waals surface area (Å²) < 4.78 is 0.663. The van der Waals surface area contributed by atoms with E-state index in [1.807, 2.05) is 0 Å². The Labute approximate surface area is 146 Å². The minimum absolute atomic E-state index is 0.225. The van der Waals surface area contributed by atoms with Gasteiger partial charge < -0.3 is 5.32 Å². The number of hydrogen-bond acceptors (Lipinski definition) is 6. The number of carbonyl (C=O) groups excluding carboxylic acids is 1. The van der Waals surface area contributed by atoms with Crippen molar-refractivity contribution in [2.24, 2.45) is 0 Å². The standard InChI is InChI=1S/C17H8BrN5O/c18-12-4-5-14(23-16(10-21)11(8-19)9-20)13(7-12)17(24)15-3-1-2-6-22-15/h1-7,23H. The van der Waals surface area contributed by atoms with Gasteiger partial charge >= 0.3 is 0 Å². The van der Waals surface area contributed by atoms with Crippen LogP contribution in [0.5, 0.6) is 0 Å². The van der Waals surface area contributed by atoms with Crippen molar-refractivity contribution >= 4 is 27.4 Å². The first-order valence-electron chi connectivity index (χ1n) is 6.57. The monoisotopic (exact) mass is 377 g/mol. The molecule has 2 aromatic rings. The maximum Gasteiger partial charge on any atom is 0.213 e. The van der Waals surface area contributed by atoms with E-state index >= 15 is 0 Å². The second-order valence-corrected chi connectivity index (χ2v) is 5.36. The number of aromatic nitrogens is 1. The van der Waals surface area contributed by atoms with Crippen LogP contribution in [0.15, 0.2) is 58.3 Å². The molecule has 0 spiro atoms. The highest BCUT2D eigenvalue weighted by Gasteiger charge is 2.17. The number of carbonyl (C=O) groups is 1. The first-order valence-corrected chi connectivity index (χ1v) is 7.37. The normalized spacial score (nSPS) is 9.08. The van der Waals surface area contributed by atoms with Crippen molar-refractivity contribution in [1.29, 1.82) is 15.8 Å². The zero-order chi connectivity index (χ0) is 17.5. The molecule has 1 aromatic heterocycles. The molecule has 0 bridgehead atoms. The molecule has 1 aromatic carbocycles. The van der Waals surface area contributed by atoms with Crippen LogP contribution in [-0.2, 0) is 0 Å². The van der Waals surface area contributed by atoms with E-state index in [0.717, 1.165) is 0 Å². The number of benzene rings is 1. The molecule has 7 heteroatoms. The Hall–Kier alpha value is -3.47. The van der Waals surface area contributed by atoms with Crippen LogP contribution in [0.4, 0.5) is 5.69 Å². The molecule has 0 unspecified atom stereocenters. The highest BCUT2D eigenvalue weighted by atomic mass is 79.9. The van der Waals surface area contributed by atoms with Crippen molar-refractivity contribution in [2.75, 3.05) is 5.32 Å². The highest BCUT2D eigenvalue weighted by molar-refractivity contribution is 9.10. The molecule has 0 saturated carbocycles. The molecule has 24 heavy (non-hydrogen) atoms. The maximum absolute atomic E-state index is 12.6. The number of allylic oxidation sites excluding steroid dienone is 2. The van der Waals surface area contributed by atoms with Crippen molar-refractivity contribution in [2.45, 2.75) is 0 Å². The lowest BCUT2D eigenvalue weighted by molar-refractivity contribution is 0.103. The Balaban J connectivity index is 2.53. The van der Waals surface area contributed by atoms with Gasteiger partial charge in [0.2, 0.25) is 5.78 Å². The third-order valence-electron chi connectivity index (χ3n) is 2.97. The number of ketones is 1. The quantitative estimate of drug-likeness (QED) is 0.645. The number of halogens is 1. The smallest absolute Gasteiger partial charge is 0.213 e. The molecule has 0 aliphatic carbocycles. The summed E-state index contributed by atoms with van der Waals surface area (Å²) in [6, 6.07) is 14.8. The summed E-state index contributed by atoms with van der Waals surface area (Å²) in [4.78, 5) is 16.7. The zero-order valence-corrected chi connectivity index (χ0v) is 13.7. The first-order chi connectivity index (χ1) is 11.6. The Bertz CT molecular complexity index is 930. The molecule has 0 radical (unpaired) electrons. The van der Waals surface area contributed by atoms with Gasteiger partial charge in [-0.25, -0.2) is 0 Å². The van der Waals surface area contributed by atoms with Crippen molar-refractivity contribution in [3.05, 3.63) is 69.6 Å².